The number of benzene rings is 1. The first-order valence-corrected chi connectivity index (χ1v) is 7.18. The van der Waals surface area contributed by atoms with Gasteiger partial charge < -0.3 is 10.1 Å². The van der Waals surface area contributed by atoms with E-state index in [-0.39, 0.29) is 0 Å². The molecule has 0 saturated heterocycles. The molecule has 0 spiro atoms. The Hall–Kier alpha value is -2.26. The van der Waals surface area contributed by atoms with E-state index in [1.807, 2.05) is 30.5 Å². The minimum atomic E-state index is 0.428. The summed E-state index contributed by atoms with van der Waals surface area (Å²) in [4.78, 5) is 8.39. The highest BCUT2D eigenvalue weighted by Gasteiger charge is 2.08. The summed E-state index contributed by atoms with van der Waals surface area (Å²) < 4.78 is 5.29. The van der Waals surface area contributed by atoms with Gasteiger partial charge in [-0.15, -0.1) is 0 Å². The molecule has 0 amide bonds. The Balaban J connectivity index is 2.20. The number of para-hydroxylation sites is 1. The van der Waals surface area contributed by atoms with Crippen molar-refractivity contribution in [1.29, 1.82) is 5.26 Å². The van der Waals surface area contributed by atoms with Crippen molar-refractivity contribution in [3.63, 3.8) is 0 Å². The third-order valence-electron chi connectivity index (χ3n) is 2.71. The number of aromatic nitrogens is 2. The molecule has 0 fully saturated rings. The zero-order valence-electron chi connectivity index (χ0n) is 11.3. The standard InChI is InChI=1S/C14H14N4OS/c1-19-12-6-4-3-5-10(12)8-16-13-11(7-15)9-17-14(18-13)20-2/h3-6,9H,8H2,1-2H3,(H,16,17,18). The molecule has 0 aliphatic rings. The molecule has 1 heterocycles. The second-order valence-corrected chi connectivity index (χ2v) is 4.67. The quantitative estimate of drug-likeness (QED) is 0.673. The predicted molar refractivity (Wildman–Crippen MR) is 78.8 cm³/mol. The van der Waals surface area contributed by atoms with E-state index in [0.29, 0.717) is 23.1 Å². The number of hydrogen-bond donors (Lipinski definition) is 1. The summed E-state index contributed by atoms with van der Waals surface area (Å²) in [5.74, 6) is 1.34. The van der Waals surface area contributed by atoms with Crippen molar-refractivity contribution in [1.82, 2.24) is 9.97 Å². The molecule has 0 atom stereocenters. The summed E-state index contributed by atoms with van der Waals surface area (Å²) in [7, 11) is 1.63. The van der Waals surface area contributed by atoms with Crippen LogP contribution in [-0.2, 0) is 6.54 Å². The highest BCUT2D eigenvalue weighted by atomic mass is 32.2. The molecular formula is C14H14N4OS. The number of ether oxygens (including phenoxy) is 1. The van der Waals surface area contributed by atoms with Gasteiger partial charge in [0, 0.05) is 12.1 Å². The molecule has 0 unspecified atom stereocenters. The van der Waals surface area contributed by atoms with Crippen molar-refractivity contribution in [2.24, 2.45) is 0 Å². The fraction of sp³-hybridized carbons (Fsp3) is 0.214. The number of nitriles is 1. The number of thioether (sulfide) groups is 1. The van der Waals surface area contributed by atoms with Crippen molar-refractivity contribution in [3.05, 3.63) is 41.6 Å². The second-order valence-electron chi connectivity index (χ2n) is 3.90. The van der Waals surface area contributed by atoms with E-state index < -0.39 is 0 Å². The van der Waals surface area contributed by atoms with E-state index in [0.717, 1.165) is 11.3 Å². The third kappa shape index (κ3) is 3.19. The molecule has 1 aromatic carbocycles. The summed E-state index contributed by atoms with van der Waals surface area (Å²) in [6.45, 7) is 0.531. The van der Waals surface area contributed by atoms with Gasteiger partial charge in [0.2, 0.25) is 0 Å². The zero-order chi connectivity index (χ0) is 14.4. The maximum atomic E-state index is 9.08. The first-order valence-electron chi connectivity index (χ1n) is 5.95. The van der Waals surface area contributed by atoms with Crippen molar-refractivity contribution < 1.29 is 4.74 Å². The molecule has 2 aromatic rings. The topological polar surface area (TPSA) is 70.8 Å². The van der Waals surface area contributed by atoms with E-state index in [9.17, 15) is 0 Å². The van der Waals surface area contributed by atoms with E-state index in [1.54, 1.807) is 7.11 Å². The molecule has 5 nitrogen and oxygen atoms in total. The third-order valence-corrected chi connectivity index (χ3v) is 3.27. The minimum Gasteiger partial charge on any atom is -0.496 e. The van der Waals surface area contributed by atoms with Crippen LogP contribution in [0.25, 0.3) is 0 Å². The summed E-state index contributed by atoms with van der Waals surface area (Å²) in [6.07, 6.45) is 3.43. The molecule has 2 rings (SSSR count). The van der Waals surface area contributed by atoms with Crippen LogP contribution in [0.3, 0.4) is 0 Å². The Morgan fingerprint density at radius 1 is 1.40 bits per heavy atom. The van der Waals surface area contributed by atoms with Gasteiger partial charge in [-0.2, -0.15) is 5.26 Å². The van der Waals surface area contributed by atoms with Crippen LogP contribution in [0.4, 0.5) is 5.82 Å². The number of methoxy groups -OCH3 is 1. The number of anilines is 1. The molecule has 0 aliphatic heterocycles. The average molecular weight is 286 g/mol. The van der Waals surface area contributed by atoms with E-state index in [2.05, 4.69) is 21.4 Å². The maximum Gasteiger partial charge on any atom is 0.189 e. The molecule has 102 valence electrons. The van der Waals surface area contributed by atoms with Crippen molar-refractivity contribution in [3.8, 4) is 11.8 Å². The van der Waals surface area contributed by atoms with Crippen LogP contribution in [-0.4, -0.2) is 23.3 Å². The Kier molecular flexibility index (Phi) is 4.80. The van der Waals surface area contributed by atoms with E-state index in [1.165, 1.54) is 18.0 Å². The highest BCUT2D eigenvalue weighted by molar-refractivity contribution is 7.98. The monoisotopic (exact) mass is 286 g/mol. The summed E-state index contributed by atoms with van der Waals surface area (Å²) in [5.41, 5.74) is 1.43. The van der Waals surface area contributed by atoms with Gasteiger partial charge in [0.15, 0.2) is 5.16 Å². The molecular weight excluding hydrogens is 272 g/mol. The molecule has 1 N–H and O–H groups in total. The molecule has 6 heteroatoms. The Morgan fingerprint density at radius 3 is 2.90 bits per heavy atom. The SMILES string of the molecule is COc1ccccc1CNc1nc(SC)ncc1C#N. The maximum absolute atomic E-state index is 9.08. The van der Waals surface area contributed by atoms with Crippen molar-refractivity contribution in [2.75, 3.05) is 18.7 Å². The summed E-state index contributed by atoms with van der Waals surface area (Å²) in [5, 5.41) is 12.9. The van der Waals surface area contributed by atoms with Gasteiger partial charge in [0.25, 0.3) is 0 Å². The van der Waals surface area contributed by atoms with E-state index in [4.69, 9.17) is 10.00 Å². The lowest BCUT2D eigenvalue weighted by Crippen LogP contribution is -2.06. The van der Waals surface area contributed by atoms with Gasteiger partial charge in [-0.05, 0) is 12.3 Å². The highest BCUT2D eigenvalue weighted by Crippen LogP contribution is 2.20. The van der Waals surface area contributed by atoms with Crippen LogP contribution in [0, 0.1) is 11.3 Å². The van der Waals surface area contributed by atoms with Gasteiger partial charge in [-0.25, -0.2) is 9.97 Å². The van der Waals surface area contributed by atoms with E-state index >= 15 is 0 Å². The Morgan fingerprint density at radius 2 is 2.20 bits per heavy atom. The molecule has 0 aliphatic carbocycles. The summed E-state index contributed by atoms with van der Waals surface area (Å²) >= 11 is 1.44. The Bertz CT molecular complexity index is 639. The molecule has 20 heavy (non-hydrogen) atoms. The van der Waals surface area contributed by atoms with Crippen LogP contribution in [0.15, 0.2) is 35.6 Å². The fourth-order valence-electron chi connectivity index (χ4n) is 1.71. The van der Waals surface area contributed by atoms with Crippen LogP contribution in [0.1, 0.15) is 11.1 Å². The van der Waals surface area contributed by atoms with Crippen LogP contribution < -0.4 is 10.1 Å². The fourth-order valence-corrected chi connectivity index (χ4v) is 2.05. The van der Waals surface area contributed by atoms with Crippen LogP contribution >= 0.6 is 11.8 Å². The molecule has 0 saturated carbocycles. The smallest absolute Gasteiger partial charge is 0.189 e. The number of hydrogen-bond acceptors (Lipinski definition) is 6. The van der Waals surface area contributed by atoms with Gasteiger partial charge in [-0.3, -0.25) is 0 Å². The molecule has 0 radical (unpaired) electrons. The second kappa shape index (κ2) is 6.78. The molecule has 1 aromatic heterocycles. The van der Waals surface area contributed by atoms with Crippen LogP contribution in [0.5, 0.6) is 5.75 Å². The number of rotatable bonds is 5. The van der Waals surface area contributed by atoms with Gasteiger partial charge in [0.1, 0.15) is 23.2 Å². The zero-order valence-corrected chi connectivity index (χ0v) is 12.1. The van der Waals surface area contributed by atoms with Gasteiger partial charge in [0.05, 0.1) is 13.3 Å². The minimum absolute atomic E-state index is 0.428. The van der Waals surface area contributed by atoms with Gasteiger partial charge in [-0.1, -0.05) is 30.0 Å². The van der Waals surface area contributed by atoms with Gasteiger partial charge >= 0.3 is 0 Å². The lowest BCUT2D eigenvalue weighted by atomic mass is 10.2. The predicted octanol–water partition coefficient (Wildman–Crippen LogP) is 2.69. The average Bonchev–Trinajstić information content (AvgIpc) is 2.52. The molecule has 0 bridgehead atoms. The first-order chi connectivity index (χ1) is 9.78. The van der Waals surface area contributed by atoms with Crippen molar-refractivity contribution in [2.45, 2.75) is 11.7 Å². The lowest BCUT2D eigenvalue weighted by Gasteiger charge is -2.11. The lowest BCUT2D eigenvalue weighted by molar-refractivity contribution is 0.410. The van der Waals surface area contributed by atoms with Crippen molar-refractivity contribution >= 4 is 17.6 Å². The summed E-state index contributed by atoms with van der Waals surface area (Å²) in [6, 6.07) is 9.81. The first kappa shape index (κ1) is 14.2. The van der Waals surface area contributed by atoms with Crippen LogP contribution in [0.2, 0.25) is 0 Å². The largest absolute Gasteiger partial charge is 0.496 e. The normalized spacial score (nSPS) is 9.85. The number of nitrogens with one attached hydrogen (secondary N) is 1. The Labute approximate surface area is 122 Å². The number of nitrogens with zero attached hydrogens (tertiary/aromatic N) is 3.